The van der Waals surface area contributed by atoms with Gasteiger partial charge in [-0.2, -0.15) is 0 Å². The number of amides is 1. The molecule has 0 spiro atoms. The van der Waals surface area contributed by atoms with E-state index in [2.05, 4.69) is 5.32 Å². The number of hydrogen-bond donors (Lipinski definition) is 1. The van der Waals surface area contributed by atoms with Crippen LogP contribution in [0, 0.1) is 10.1 Å². The molecule has 0 saturated carbocycles. The molecule has 0 aliphatic heterocycles. The molecule has 7 heteroatoms. The number of nitrogens with zero attached hydrogens (tertiary/aromatic N) is 1. The van der Waals surface area contributed by atoms with Crippen LogP contribution < -0.4 is 14.8 Å². The van der Waals surface area contributed by atoms with Gasteiger partial charge in [-0.25, -0.2) is 0 Å². The number of para-hydroxylation sites is 1. The zero-order valence-electron chi connectivity index (χ0n) is 14.8. The Morgan fingerprint density at radius 3 is 2.58 bits per heavy atom. The molecule has 2 rings (SSSR count). The fourth-order valence-corrected chi connectivity index (χ4v) is 2.48. The average Bonchev–Trinajstić information content (AvgIpc) is 2.65. The van der Waals surface area contributed by atoms with Gasteiger partial charge in [-0.15, -0.1) is 0 Å². The lowest BCUT2D eigenvalue weighted by Gasteiger charge is -2.17. The molecule has 0 aliphatic rings. The Morgan fingerprint density at radius 1 is 1.19 bits per heavy atom. The number of hydrogen-bond acceptors (Lipinski definition) is 5. The number of ether oxygens (including phenoxy) is 2. The highest BCUT2D eigenvalue weighted by Gasteiger charge is 2.15. The molecule has 2 aromatic carbocycles. The molecule has 0 aromatic heterocycles. The first-order valence-corrected chi connectivity index (χ1v) is 7.90. The number of methoxy groups -OCH3 is 2. The lowest BCUT2D eigenvalue weighted by Crippen LogP contribution is -2.25. The maximum absolute atomic E-state index is 12.2. The van der Waals surface area contributed by atoms with E-state index in [1.165, 1.54) is 18.2 Å². The molecule has 136 valence electrons. The van der Waals surface area contributed by atoms with Gasteiger partial charge in [-0.1, -0.05) is 12.1 Å². The Kier molecular flexibility index (Phi) is 6.32. The Balaban J connectivity index is 2.14. The minimum atomic E-state index is -0.485. The van der Waals surface area contributed by atoms with Crippen LogP contribution in [0.2, 0.25) is 0 Å². The van der Waals surface area contributed by atoms with Crippen molar-refractivity contribution in [2.24, 2.45) is 0 Å². The summed E-state index contributed by atoms with van der Waals surface area (Å²) < 4.78 is 10.5. The molecule has 0 radical (unpaired) electrons. The molecule has 2 aromatic rings. The van der Waals surface area contributed by atoms with Crippen LogP contribution in [-0.2, 0) is 4.79 Å². The van der Waals surface area contributed by atoms with Gasteiger partial charge in [0.2, 0.25) is 5.91 Å². The predicted molar refractivity (Wildman–Crippen MR) is 98.2 cm³/mol. The van der Waals surface area contributed by atoms with Crippen molar-refractivity contribution in [3.05, 3.63) is 69.8 Å². The molecule has 26 heavy (non-hydrogen) atoms. The second-order valence-corrected chi connectivity index (χ2v) is 5.49. The zero-order chi connectivity index (χ0) is 19.1. The Morgan fingerprint density at radius 2 is 1.92 bits per heavy atom. The topological polar surface area (TPSA) is 90.7 Å². The molecule has 0 saturated heterocycles. The monoisotopic (exact) mass is 356 g/mol. The normalized spacial score (nSPS) is 11.8. The van der Waals surface area contributed by atoms with Crippen molar-refractivity contribution in [3.8, 4) is 11.5 Å². The molecule has 0 heterocycles. The Bertz CT molecular complexity index is 832. The number of nitro groups is 1. The van der Waals surface area contributed by atoms with Gasteiger partial charge in [0.15, 0.2) is 0 Å². The van der Waals surface area contributed by atoms with E-state index in [0.717, 1.165) is 5.56 Å². The Hall–Kier alpha value is -3.35. The summed E-state index contributed by atoms with van der Waals surface area (Å²) >= 11 is 0. The summed E-state index contributed by atoms with van der Waals surface area (Å²) in [4.78, 5) is 22.7. The van der Waals surface area contributed by atoms with Crippen LogP contribution in [0.1, 0.15) is 24.1 Å². The predicted octanol–water partition coefficient (Wildman–Crippen LogP) is 3.50. The SMILES string of the molecule is COc1ccc(OC)c([C@H](C)NC(=O)/C=C/c2ccccc2[N+](=O)[O-])c1. The van der Waals surface area contributed by atoms with Crippen molar-refractivity contribution in [1.29, 1.82) is 0 Å². The van der Waals surface area contributed by atoms with E-state index in [4.69, 9.17) is 9.47 Å². The fraction of sp³-hybridized carbons (Fsp3) is 0.211. The molecule has 0 fully saturated rings. The molecular formula is C19H20N2O5. The fourth-order valence-electron chi connectivity index (χ4n) is 2.48. The molecule has 1 atom stereocenters. The first-order chi connectivity index (χ1) is 12.5. The highest BCUT2D eigenvalue weighted by Crippen LogP contribution is 2.29. The average molecular weight is 356 g/mol. The van der Waals surface area contributed by atoms with Crippen LogP contribution in [0.25, 0.3) is 6.08 Å². The second kappa shape index (κ2) is 8.66. The molecule has 0 unspecified atom stereocenters. The minimum absolute atomic E-state index is 0.0564. The standard InChI is InChI=1S/C19H20N2O5/c1-13(16-12-15(25-2)9-10-18(16)26-3)20-19(22)11-8-14-6-4-5-7-17(14)21(23)24/h4-13H,1-3H3,(H,20,22)/b11-8+/t13-/m0/s1. The summed E-state index contributed by atoms with van der Waals surface area (Å²) in [5.74, 6) is 0.902. The van der Waals surface area contributed by atoms with Crippen LogP contribution in [-0.4, -0.2) is 25.1 Å². The summed E-state index contributed by atoms with van der Waals surface area (Å²) in [5.41, 5.74) is 1.07. The van der Waals surface area contributed by atoms with Crippen molar-refractivity contribution in [3.63, 3.8) is 0 Å². The number of carbonyl (C=O) groups excluding carboxylic acids is 1. The van der Waals surface area contributed by atoms with E-state index in [1.54, 1.807) is 50.6 Å². The lowest BCUT2D eigenvalue weighted by molar-refractivity contribution is -0.385. The van der Waals surface area contributed by atoms with Crippen LogP contribution in [0.15, 0.2) is 48.5 Å². The van der Waals surface area contributed by atoms with E-state index in [0.29, 0.717) is 17.1 Å². The van der Waals surface area contributed by atoms with Crippen LogP contribution in [0.5, 0.6) is 11.5 Å². The quantitative estimate of drug-likeness (QED) is 0.466. The van der Waals surface area contributed by atoms with Crippen molar-refractivity contribution in [2.45, 2.75) is 13.0 Å². The first kappa shape index (κ1) is 19.0. The van der Waals surface area contributed by atoms with Crippen molar-refractivity contribution >= 4 is 17.7 Å². The van der Waals surface area contributed by atoms with E-state index >= 15 is 0 Å². The van der Waals surface area contributed by atoms with Crippen LogP contribution in [0.3, 0.4) is 0 Å². The number of carbonyl (C=O) groups is 1. The number of nitrogens with one attached hydrogen (secondary N) is 1. The largest absolute Gasteiger partial charge is 0.497 e. The highest BCUT2D eigenvalue weighted by molar-refractivity contribution is 5.92. The molecular weight excluding hydrogens is 336 g/mol. The van der Waals surface area contributed by atoms with Gasteiger partial charge in [0.25, 0.3) is 5.69 Å². The second-order valence-electron chi connectivity index (χ2n) is 5.49. The summed E-state index contributed by atoms with van der Waals surface area (Å²) in [6.07, 6.45) is 2.69. The number of benzene rings is 2. The molecule has 0 bridgehead atoms. The molecule has 0 aliphatic carbocycles. The van der Waals surface area contributed by atoms with E-state index in [9.17, 15) is 14.9 Å². The smallest absolute Gasteiger partial charge is 0.276 e. The number of nitro benzene ring substituents is 1. The summed E-state index contributed by atoms with van der Waals surface area (Å²) in [6, 6.07) is 11.2. The first-order valence-electron chi connectivity index (χ1n) is 7.90. The van der Waals surface area contributed by atoms with Crippen molar-refractivity contribution < 1.29 is 19.2 Å². The summed E-state index contributed by atoms with van der Waals surface area (Å²) in [5, 5.41) is 13.8. The maximum Gasteiger partial charge on any atom is 0.276 e. The van der Waals surface area contributed by atoms with E-state index in [-0.39, 0.29) is 17.6 Å². The lowest BCUT2D eigenvalue weighted by atomic mass is 10.1. The van der Waals surface area contributed by atoms with E-state index < -0.39 is 4.92 Å². The third-order valence-corrected chi connectivity index (χ3v) is 3.81. The van der Waals surface area contributed by atoms with Crippen LogP contribution in [0.4, 0.5) is 5.69 Å². The third-order valence-electron chi connectivity index (χ3n) is 3.81. The number of rotatable bonds is 7. The van der Waals surface area contributed by atoms with Crippen molar-refractivity contribution in [2.75, 3.05) is 14.2 Å². The minimum Gasteiger partial charge on any atom is -0.497 e. The summed E-state index contributed by atoms with van der Waals surface area (Å²) in [7, 11) is 3.11. The van der Waals surface area contributed by atoms with Crippen molar-refractivity contribution in [1.82, 2.24) is 5.32 Å². The van der Waals surface area contributed by atoms with Gasteiger partial charge in [-0.05, 0) is 37.3 Å². The maximum atomic E-state index is 12.2. The van der Waals surface area contributed by atoms with Gasteiger partial charge < -0.3 is 14.8 Å². The van der Waals surface area contributed by atoms with Gasteiger partial charge in [0.05, 0.1) is 30.7 Å². The molecule has 1 N–H and O–H groups in total. The highest BCUT2D eigenvalue weighted by atomic mass is 16.6. The summed E-state index contributed by atoms with van der Waals surface area (Å²) in [6.45, 7) is 1.81. The Labute approximate surface area is 151 Å². The molecule has 1 amide bonds. The van der Waals surface area contributed by atoms with E-state index in [1.807, 2.05) is 6.92 Å². The van der Waals surface area contributed by atoms with Gasteiger partial charge >= 0.3 is 0 Å². The van der Waals surface area contributed by atoms with Gasteiger partial charge in [-0.3, -0.25) is 14.9 Å². The third kappa shape index (κ3) is 4.60. The molecule has 7 nitrogen and oxygen atoms in total. The van der Waals surface area contributed by atoms with Gasteiger partial charge in [0.1, 0.15) is 11.5 Å². The van der Waals surface area contributed by atoms with Gasteiger partial charge in [0, 0.05) is 17.7 Å². The zero-order valence-corrected chi connectivity index (χ0v) is 14.8. The van der Waals surface area contributed by atoms with Crippen LogP contribution >= 0.6 is 0 Å².